The maximum absolute atomic E-state index is 4.73. The molecule has 0 radical (unpaired) electrons. The molecule has 0 amide bonds. The molecule has 4 heteroatoms. The predicted molar refractivity (Wildman–Crippen MR) is 67.5 cm³/mol. The summed E-state index contributed by atoms with van der Waals surface area (Å²) in [5.41, 5.74) is 1.41. The lowest BCUT2D eigenvalue weighted by Crippen LogP contribution is -2.30. The van der Waals surface area contributed by atoms with Gasteiger partial charge in [0.15, 0.2) is 0 Å². The third kappa shape index (κ3) is 1.82. The Morgan fingerprint density at radius 1 is 1.25 bits per heavy atom. The summed E-state index contributed by atoms with van der Waals surface area (Å²) in [6.07, 6.45) is 7.67. The van der Waals surface area contributed by atoms with Gasteiger partial charge in [0.2, 0.25) is 0 Å². The molecular weight excluding hydrogens is 266 g/mol. The molecule has 1 aromatic rings. The zero-order valence-electron chi connectivity index (χ0n) is 9.51. The van der Waals surface area contributed by atoms with E-state index in [9.17, 15) is 0 Å². The Kier molecular flexibility index (Phi) is 3.03. The highest BCUT2D eigenvalue weighted by molar-refractivity contribution is 9.10. The number of fused-ring (bicyclic) bond motifs is 1. The first-order chi connectivity index (χ1) is 7.86. The van der Waals surface area contributed by atoms with Crippen molar-refractivity contribution in [2.75, 3.05) is 6.54 Å². The van der Waals surface area contributed by atoms with Crippen LogP contribution in [0.5, 0.6) is 0 Å². The zero-order valence-corrected chi connectivity index (χ0v) is 11.1. The van der Waals surface area contributed by atoms with Crippen molar-refractivity contribution in [2.45, 2.75) is 51.1 Å². The fraction of sp³-hybridized carbons (Fsp3) is 0.750. The summed E-state index contributed by atoms with van der Waals surface area (Å²) in [4.78, 5) is 4.73. The first-order valence-corrected chi connectivity index (χ1v) is 7.14. The summed E-state index contributed by atoms with van der Waals surface area (Å²) in [5, 5.41) is 3.59. The van der Waals surface area contributed by atoms with E-state index in [1.165, 1.54) is 50.0 Å². The van der Waals surface area contributed by atoms with Crippen LogP contribution in [-0.4, -0.2) is 16.1 Å². The Morgan fingerprint density at radius 2 is 2.19 bits per heavy atom. The highest BCUT2D eigenvalue weighted by Crippen LogP contribution is 2.30. The molecule has 0 aromatic carbocycles. The van der Waals surface area contributed by atoms with Gasteiger partial charge in [0.1, 0.15) is 10.4 Å². The normalized spacial score (nSPS) is 25.4. The third-order valence-electron chi connectivity index (χ3n) is 3.72. The molecule has 2 aliphatic heterocycles. The van der Waals surface area contributed by atoms with Crippen LogP contribution in [0.1, 0.15) is 49.7 Å². The van der Waals surface area contributed by atoms with Gasteiger partial charge >= 0.3 is 0 Å². The van der Waals surface area contributed by atoms with Gasteiger partial charge in [0.05, 0.1) is 11.7 Å². The van der Waals surface area contributed by atoms with Crippen LogP contribution in [0.15, 0.2) is 4.60 Å². The van der Waals surface area contributed by atoms with Crippen LogP contribution < -0.4 is 5.32 Å². The fourth-order valence-corrected chi connectivity index (χ4v) is 3.46. The number of halogens is 1. The average Bonchev–Trinajstić information content (AvgIpc) is 2.69. The summed E-state index contributed by atoms with van der Waals surface area (Å²) in [6.45, 7) is 2.30. The van der Waals surface area contributed by atoms with E-state index in [4.69, 9.17) is 4.98 Å². The predicted octanol–water partition coefficient (Wildman–Crippen LogP) is 2.80. The number of piperidine rings is 1. The van der Waals surface area contributed by atoms with Gasteiger partial charge in [0.25, 0.3) is 0 Å². The first-order valence-electron chi connectivity index (χ1n) is 6.34. The van der Waals surface area contributed by atoms with E-state index in [1.54, 1.807) is 0 Å². The van der Waals surface area contributed by atoms with E-state index in [1.807, 2.05) is 0 Å². The average molecular weight is 284 g/mol. The van der Waals surface area contributed by atoms with Crippen molar-refractivity contribution >= 4 is 15.9 Å². The minimum atomic E-state index is 0.483. The number of imidazole rings is 1. The largest absolute Gasteiger partial charge is 0.330 e. The maximum atomic E-state index is 4.73. The van der Waals surface area contributed by atoms with Gasteiger partial charge in [0, 0.05) is 6.54 Å². The van der Waals surface area contributed by atoms with Crippen LogP contribution >= 0.6 is 15.9 Å². The van der Waals surface area contributed by atoms with E-state index >= 15 is 0 Å². The number of hydrogen-bond acceptors (Lipinski definition) is 2. The van der Waals surface area contributed by atoms with Gasteiger partial charge in [-0.1, -0.05) is 6.42 Å². The van der Waals surface area contributed by atoms with Crippen LogP contribution in [0.25, 0.3) is 0 Å². The van der Waals surface area contributed by atoms with Crippen molar-refractivity contribution in [1.29, 1.82) is 0 Å². The second-order valence-electron chi connectivity index (χ2n) is 4.82. The molecule has 1 atom stereocenters. The van der Waals surface area contributed by atoms with Gasteiger partial charge in [-0.25, -0.2) is 4.98 Å². The van der Waals surface area contributed by atoms with Crippen molar-refractivity contribution in [3.05, 3.63) is 16.1 Å². The minimum Gasteiger partial charge on any atom is -0.330 e. The van der Waals surface area contributed by atoms with Crippen molar-refractivity contribution in [3.63, 3.8) is 0 Å². The lowest BCUT2D eigenvalue weighted by Gasteiger charge is -2.25. The standard InChI is InChI=1S/C12H18BrN3/c13-11-10-6-2-4-8-16(10)12(15-11)9-5-1-3-7-14-9/h9,14H,1-8H2. The minimum absolute atomic E-state index is 0.483. The van der Waals surface area contributed by atoms with Crippen LogP contribution in [0.2, 0.25) is 0 Å². The molecule has 0 spiro atoms. The number of nitrogens with one attached hydrogen (secondary N) is 1. The van der Waals surface area contributed by atoms with E-state index in [0.29, 0.717) is 6.04 Å². The molecule has 2 aliphatic rings. The Bertz CT molecular complexity index is 380. The van der Waals surface area contributed by atoms with Crippen LogP contribution in [0.3, 0.4) is 0 Å². The number of nitrogens with zero attached hydrogens (tertiary/aromatic N) is 2. The molecule has 3 rings (SSSR count). The number of aromatic nitrogens is 2. The molecule has 0 aliphatic carbocycles. The van der Waals surface area contributed by atoms with Gasteiger partial charge in [-0.2, -0.15) is 0 Å². The van der Waals surface area contributed by atoms with Gasteiger partial charge in [-0.3, -0.25) is 0 Å². The topological polar surface area (TPSA) is 29.9 Å². The third-order valence-corrected chi connectivity index (χ3v) is 4.36. The summed E-state index contributed by atoms with van der Waals surface area (Å²) in [6, 6.07) is 0.483. The molecule has 1 saturated heterocycles. The lowest BCUT2D eigenvalue weighted by atomic mass is 10.0. The second kappa shape index (κ2) is 4.49. The molecule has 3 nitrogen and oxygen atoms in total. The molecular formula is C12H18BrN3. The second-order valence-corrected chi connectivity index (χ2v) is 5.57. The molecule has 1 aromatic heterocycles. The van der Waals surface area contributed by atoms with Crippen molar-refractivity contribution < 1.29 is 0 Å². The molecule has 1 fully saturated rings. The van der Waals surface area contributed by atoms with Gasteiger partial charge < -0.3 is 9.88 Å². The first kappa shape index (κ1) is 10.8. The molecule has 0 bridgehead atoms. The monoisotopic (exact) mass is 283 g/mol. The van der Waals surface area contributed by atoms with E-state index in [0.717, 1.165) is 17.7 Å². The number of rotatable bonds is 1. The lowest BCUT2D eigenvalue weighted by molar-refractivity contribution is 0.376. The fourth-order valence-electron chi connectivity index (χ4n) is 2.86. The Hall–Kier alpha value is -0.350. The highest BCUT2D eigenvalue weighted by Gasteiger charge is 2.25. The van der Waals surface area contributed by atoms with Crippen LogP contribution in [-0.2, 0) is 13.0 Å². The highest BCUT2D eigenvalue weighted by atomic mass is 79.9. The van der Waals surface area contributed by atoms with Crippen LogP contribution in [0.4, 0.5) is 0 Å². The SMILES string of the molecule is Brc1nc(C2CCCCN2)n2c1CCCC2. The molecule has 1 unspecified atom stereocenters. The molecule has 3 heterocycles. The van der Waals surface area contributed by atoms with Crippen molar-refractivity contribution in [3.8, 4) is 0 Å². The molecule has 88 valence electrons. The Morgan fingerprint density at radius 3 is 3.00 bits per heavy atom. The molecule has 0 saturated carbocycles. The maximum Gasteiger partial charge on any atom is 0.127 e. The summed E-state index contributed by atoms with van der Waals surface area (Å²) in [5.74, 6) is 1.27. The van der Waals surface area contributed by atoms with E-state index in [-0.39, 0.29) is 0 Å². The quantitative estimate of drug-likeness (QED) is 0.859. The zero-order chi connectivity index (χ0) is 11.0. The summed E-state index contributed by atoms with van der Waals surface area (Å²) < 4.78 is 3.52. The van der Waals surface area contributed by atoms with Gasteiger partial charge in [-0.05, 0) is 54.6 Å². The summed E-state index contributed by atoms with van der Waals surface area (Å²) in [7, 11) is 0. The van der Waals surface area contributed by atoms with E-state index < -0.39 is 0 Å². The Labute approximate surface area is 105 Å². The molecule has 1 N–H and O–H groups in total. The van der Waals surface area contributed by atoms with E-state index in [2.05, 4.69) is 25.8 Å². The molecule has 16 heavy (non-hydrogen) atoms. The van der Waals surface area contributed by atoms with Gasteiger partial charge in [-0.15, -0.1) is 0 Å². The van der Waals surface area contributed by atoms with Crippen molar-refractivity contribution in [2.24, 2.45) is 0 Å². The Balaban J connectivity index is 1.93. The summed E-state index contributed by atoms with van der Waals surface area (Å²) >= 11 is 3.61. The van der Waals surface area contributed by atoms with Crippen LogP contribution in [0, 0.1) is 0 Å². The smallest absolute Gasteiger partial charge is 0.127 e. The number of hydrogen-bond donors (Lipinski definition) is 1. The van der Waals surface area contributed by atoms with Crippen molar-refractivity contribution in [1.82, 2.24) is 14.9 Å².